The number of ketones is 1. The molecule has 0 saturated carbocycles. The molecule has 130 valence electrons. The standard InChI is InChI=1S/C21H18N2O3/c1-26-19-13-12-16(20(24)15-8-4-2-5-9-15)14-18(19)23-21(25)22-17-10-6-3-7-11-17/h2-14H,1H3,(H2,22,23,25). The van der Waals surface area contributed by atoms with E-state index in [1.165, 1.54) is 7.11 Å². The number of amides is 2. The van der Waals surface area contributed by atoms with Gasteiger partial charge in [-0.1, -0.05) is 48.5 Å². The SMILES string of the molecule is COc1ccc(C(=O)c2ccccc2)cc1NC(=O)Nc1ccccc1. The van der Waals surface area contributed by atoms with Crippen LogP contribution in [0.5, 0.6) is 5.75 Å². The van der Waals surface area contributed by atoms with Gasteiger partial charge in [0.25, 0.3) is 0 Å². The van der Waals surface area contributed by atoms with E-state index in [0.717, 1.165) is 0 Å². The smallest absolute Gasteiger partial charge is 0.323 e. The number of hydrogen-bond donors (Lipinski definition) is 2. The summed E-state index contributed by atoms with van der Waals surface area (Å²) in [5.41, 5.74) is 2.13. The number of rotatable bonds is 5. The maximum atomic E-state index is 12.6. The van der Waals surface area contributed by atoms with Gasteiger partial charge in [0.1, 0.15) is 5.75 Å². The lowest BCUT2D eigenvalue weighted by Gasteiger charge is -2.13. The Hall–Kier alpha value is -3.60. The second-order valence-electron chi connectivity index (χ2n) is 5.56. The van der Waals surface area contributed by atoms with E-state index in [-0.39, 0.29) is 5.78 Å². The van der Waals surface area contributed by atoms with Crippen LogP contribution in [0, 0.1) is 0 Å². The minimum atomic E-state index is -0.418. The summed E-state index contributed by atoms with van der Waals surface area (Å²) in [4.78, 5) is 24.8. The van der Waals surface area contributed by atoms with Gasteiger partial charge in [-0.25, -0.2) is 4.79 Å². The van der Waals surface area contributed by atoms with Crippen molar-refractivity contribution in [3.8, 4) is 5.75 Å². The molecule has 0 aliphatic carbocycles. The van der Waals surface area contributed by atoms with E-state index in [0.29, 0.717) is 28.3 Å². The third-order valence-corrected chi connectivity index (χ3v) is 3.78. The van der Waals surface area contributed by atoms with Crippen molar-refractivity contribution in [1.82, 2.24) is 0 Å². The van der Waals surface area contributed by atoms with Gasteiger partial charge in [0.05, 0.1) is 12.8 Å². The predicted molar refractivity (Wildman–Crippen MR) is 102 cm³/mol. The van der Waals surface area contributed by atoms with Crippen LogP contribution in [-0.2, 0) is 0 Å². The average molecular weight is 346 g/mol. The van der Waals surface area contributed by atoms with Crippen molar-refractivity contribution in [2.75, 3.05) is 17.7 Å². The summed E-state index contributed by atoms with van der Waals surface area (Å²) in [6.45, 7) is 0. The zero-order valence-electron chi connectivity index (χ0n) is 14.2. The zero-order chi connectivity index (χ0) is 18.4. The normalized spacial score (nSPS) is 10.0. The first kappa shape index (κ1) is 17.2. The van der Waals surface area contributed by atoms with E-state index < -0.39 is 6.03 Å². The molecule has 5 nitrogen and oxygen atoms in total. The molecule has 26 heavy (non-hydrogen) atoms. The molecule has 0 unspecified atom stereocenters. The van der Waals surface area contributed by atoms with Crippen LogP contribution in [0.15, 0.2) is 78.9 Å². The fraction of sp³-hybridized carbons (Fsp3) is 0.0476. The molecule has 2 amide bonds. The molecule has 0 aliphatic heterocycles. The molecule has 3 aromatic carbocycles. The number of carbonyl (C=O) groups excluding carboxylic acids is 2. The van der Waals surface area contributed by atoms with E-state index in [1.807, 2.05) is 36.4 Å². The molecule has 0 heterocycles. The Morgan fingerprint density at radius 2 is 1.42 bits per heavy atom. The lowest BCUT2D eigenvalue weighted by molar-refractivity contribution is 0.103. The maximum Gasteiger partial charge on any atom is 0.323 e. The number of para-hydroxylation sites is 1. The lowest BCUT2D eigenvalue weighted by Crippen LogP contribution is -2.20. The van der Waals surface area contributed by atoms with Gasteiger partial charge in [-0.3, -0.25) is 4.79 Å². The van der Waals surface area contributed by atoms with Crippen LogP contribution in [-0.4, -0.2) is 18.9 Å². The minimum Gasteiger partial charge on any atom is -0.495 e. The van der Waals surface area contributed by atoms with Gasteiger partial charge in [-0.15, -0.1) is 0 Å². The van der Waals surface area contributed by atoms with Crippen LogP contribution in [0.3, 0.4) is 0 Å². The molecule has 0 spiro atoms. The number of methoxy groups -OCH3 is 1. The highest BCUT2D eigenvalue weighted by atomic mass is 16.5. The summed E-state index contributed by atoms with van der Waals surface area (Å²) < 4.78 is 5.28. The van der Waals surface area contributed by atoms with Crippen molar-refractivity contribution >= 4 is 23.2 Å². The van der Waals surface area contributed by atoms with Gasteiger partial charge in [0.15, 0.2) is 5.78 Å². The van der Waals surface area contributed by atoms with Crippen LogP contribution < -0.4 is 15.4 Å². The summed E-state index contributed by atoms with van der Waals surface area (Å²) in [7, 11) is 1.51. The number of nitrogens with one attached hydrogen (secondary N) is 2. The topological polar surface area (TPSA) is 67.4 Å². The second-order valence-corrected chi connectivity index (χ2v) is 5.56. The van der Waals surface area contributed by atoms with Crippen LogP contribution in [0.25, 0.3) is 0 Å². The summed E-state index contributed by atoms with van der Waals surface area (Å²) in [5, 5.41) is 5.46. The molecule has 5 heteroatoms. The van der Waals surface area contributed by atoms with Crippen molar-refractivity contribution in [3.63, 3.8) is 0 Å². The first-order valence-corrected chi connectivity index (χ1v) is 8.08. The Morgan fingerprint density at radius 1 is 0.769 bits per heavy atom. The zero-order valence-corrected chi connectivity index (χ0v) is 14.2. The number of ether oxygens (including phenoxy) is 1. The molecule has 0 atom stereocenters. The first-order chi connectivity index (χ1) is 12.7. The molecule has 0 aromatic heterocycles. The number of benzene rings is 3. The Balaban J connectivity index is 1.81. The third kappa shape index (κ3) is 4.08. The quantitative estimate of drug-likeness (QED) is 0.665. The molecular weight excluding hydrogens is 328 g/mol. The molecule has 3 rings (SSSR count). The fourth-order valence-corrected chi connectivity index (χ4v) is 2.51. The Labute approximate surface area is 151 Å². The molecule has 0 aliphatic rings. The van der Waals surface area contributed by atoms with Gasteiger partial charge in [-0.2, -0.15) is 0 Å². The largest absolute Gasteiger partial charge is 0.495 e. The average Bonchev–Trinajstić information content (AvgIpc) is 2.68. The van der Waals surface area contributed by atoms with Gasteiger partial charge >= 0.3 is 6.03 Å². The monoisotopic (exact) mass is 346 g/mol. The Bertz CT molecular complexity index is 909. The summed E-state index contributed by atoms with van der Waals surface area (Å²) in [6, 6.07) is 22.6. The molecule has 2 N–H and O–H groups in total. The number of hydrogen-bond acceptors (Lipinski definition) is 3. The van der Waals surface area contributed by atoms with Gasteiger partial charge in [0, 0.05) is 16.8 Å². The van der Waals surface area contributed by atoms with Gasteiger partial charge in [0.2, 0.25) is 0 Å². The van der Waals surface area contributed by atoms with E-state index in [9.17, 15) is 9.59 Å². The summed E-state index contributed by atoms with van der Waals surface area (Å²) in [5.74, 6) is 0.345. The molecular formula is C21H18N2O3. The van der Waals surface area contributed by atoms with Crippen LogP contribution in [0.4, 0.5) is 16.2 Å². The number of urea groups is 1. The highest BCUT2D eigenvalue weighted by Gasteiger charge is 2.14. The molecule has 0 fully saturated rings. The molecule has 0 saturated heterocycles. The van der Waals surface area contributed by atoms with Crippen LogP contribution in [0.2, 0.25) is 0 Å². The fourth-order valence-electron chi connectivity index (χ4n) is 2.51. The van der Waals surface area contributed by atoms with Crippen molar-refractivity contribution < 1.29 is 14.3 Å². The molecule has 3 aromatic rings. The van der Waals surface area contributed by atoms with Crippen molar-refractivity contribution in [1.29, 1.82) is 0 Å². The van der Waals surface area contributed by atoms with E-state index in [4.69, 9.17) is 4.74 Å². The molecule has 0 bridgehead atoms. The van der Waals surface area contributed by atoms with Crippen molar-refractivity contribution in [3.05, 3.63) is 90.0 Å². The predicted octanol–water partition coefficient (Wildman–Crippen LogP) is 4.57. The van der Waals surface area contributed by atoms with Crippen molar-refractivity contribution in [2.45, 2.75) is 0 Å². The Morgan fingerprint density at radius 3 is 2.08 bits per heavy atom. The van der Waals surface area contributed by atoms with E-state index in [2.05, 4.69) is 10.6 Å². The lowest BCUT2D eigenvalue weighted by atomic mass is 10.0. The van der Waals surface area contributed by atoms with Crippen LogP contribution in [0.1, 0.15) is 15.9 Å². The first-order valence-electron chi connectivity index (χ1n) is 8.08. The van der Waals surface area contributed by atoms with Crippen molar-refractivity contribution in [2.24, 2.45) is 0 Å². The summed E-state index contributed by atoms with van der Waals surface area (Å²) >= 11 is 0. The van der Waals surface area contributed by atoms with Gasteiger partial charge < -0.3 is 15.4 Å². The highest BCUT2D eigenvalue weighted by molar-refractivity contribution is 6.10. The van der Waals surface area contributed by atoms with Gasteiger partial charge in [-0.05, 0) is 30.3 Å². The third-order valence-electron chi connectivity index (χ3n) is 3.78. The van der Waals surface area contributed by atoms with E-state index in [1.54, 1.807) is 42.5 Å². The minimum absolute atomic E-state index is 0.125. The number of carbonyl (C=O) groups is 2. The van der Waals surface area contributed by atoms with Crippen LogP contribution >= 0.6 is 0 Å². The van der Waals surface area contributed by atoms with E-state index >= 15 is 0 Å². The second kappa shape index (κ2) is 7.98. The molecule has 0 radical (unpaired) electrons. The highest BCUT2D eigenvalue weighted by Crippen LogP contribution is 2.27. The Kier molecular flexibility index (Phi) is 5.29. The maximum absolute atomic E-state index is 12.6. The summed E-state index contributed by atoms with van der Waals surface area (Å²) in [6.07, 6.45) is 0. The number of anilines is 2.